The highest BCUT2D eigenvalue weighted by atomic mass is 19.2. The van der Waals surface area contributed by atoms with Gasteiger partial charge >= 0.3 is 0 Å². The van der Waals surface area contributed by atoms with Gasteiger partial charge in [-0.2, -0.15) is 8.78 Å². The molecule has 0 amide bonds. The van der Waals surface area contributed by atoms with Crippen molar-refractivity contribution in [2.75, 3.05) is 13.2 Å². The first-order valence-corrected chi connectivity index (χ1v) is 10.3. The molecule has 0 saturated heterocycles. The van der Waals surface area contributed by atoms with Crippen molar-refractivity contribution in [3.05, 3.63) is 58.4 Å². The zero-order valence-corrected chi connectivity index (χ0v) is 17.7. The minimum atomic E-state index is -1.17. The maximum absolute atomic E-state index is 15.1. The second-order valence-corrected chi connectivity index (χ2v) is 7.55. The van der Waals surface area contributed by atoms with Crippen LogP contribution in [-0.2, 0) is 11.2 Å². The maximum Gasteiger partial charge on any atom is 0.205 e. The van der Waals surface area contributed by atoms with Gasteiger partial charge in [0.25, 0.3) is 0 Å². The summed E-state index contributed by atoms with van der Waals surface area (Å²) in [7, 11) is 0. The fraction of sp³-hybridized carbons (Fsp3) is 0.417. The van der Waals surface area contributed by atoms with E-state index in [1.165, 1.54) is 6.07 Å². The van der Waals surface area contributed by atoms with Crippen molar-refractivity contribution < 1.29 is 27.4 Å². The third-order valence-corrected chi connectivity index (χ3v) is 5.12. The molecule has 30 heavy (non-hydrogen) atoms. The molecule has 3 nitrogen and oxygen atoms in total. The lowest BCUT2D eigenvalue weighted by molar-refractivity contribution is 0.0507. The van der Waals surface area contributed by atoms with Gasteiger partial charge in [0.1, 0.15) is 0 Å². The van der Waals surface area contributed by atoms with Crippen LogP contribution in [0, 0.1) is 23.4 Å². The van der Waals surface area contributed by atoms with Gasteiger partial charge in [0.2, 0.25) is 11.6 Å². The van der Waals surface area contributed by atoms with E-state index in [0.717, 1.165) is 6.42 Å². The summed E-state index contributed by atoms with van der Waals surface area (Å²) in [5.74, 6) is -3.34. The lowest BCUT2D eigenvalue weighted by Crippen LogP contribution is -2.12. The highest BCUT2D eigenvalue weighted by molar-refractivity contribution is 5.60. The average Bonchev–Trinajstić information content (AvgIpc) is 2.74. The minimum absolute atomic E-state index is 0.0735. The summed E-state index contributed by atoms with van der Waals surface area (Å²) in [4.78, 5) is 0. The van der Waals surface area contributed by atoms with Crippen LogP contribution in [0.4, 0.5) is 13.2 Å². The van der Waals surface area contributed by atoms with E-state index >= 15 is 4.39 Å². The Morgan fingerprint density at radius 2 is 1.77 bits per heavy atom. The molecule has 6 heteroatoms. The van der Waals surface area contributed by atoms with Crippen LogP contribution in [0.1, 0.15) is 50.8 Å². The standard InChI is InChI=1S/C24H27F3O3/c1-5-15(4)29-13-14(3)7-8-16-9-10-17-11-18-12-19(28-6-2)21(26)22(27)24(18)30-23(17)20(16)25/h7-10,12,14-15H,5-6,11,13H2,1-4H3/b8-7+. The third kappa shape index (κ3) is 4.64. The monoisotopic (exact) mass is 420 g/mol. The normalized spacial score (nSPS) is 14.8. The summed E-state index contributed by atoms with van der Waals surface area (Å²) < 4.78 is 60.1. The third-order valence-electron chi connectivity index (χ3n) is 5.12. The van der Waals surface area contributed by atoms with E-state index < -0.39 is 17.5 Å². The number of ether oxygens (including phenoxy) is 3. The molecule has 2 aromatic carbocycles. The van der Waals surface area contributed by atoms with E-state index in [1.807, 2.05) is 19.9 Å². The second kappa shape index (κ2) is 9.56. The Balaban J connectivity index is 1.83. The molecule has 0 radical (unpaired) electrons. The molecular weight excluding hydrogens is 393 g/mol. The van der Waals surface area contributed by atoms with Crippen LogP contribution in [0.2, 0.25) is 0 Å². The second-order valence-electron chi connectivity index (χ2n) is 7.55. The van der Waals surface area contributed by atoms with E-state index in [0.29, 0.717) is 23.3 Å². The Morgan fingerprint density at radius 3 is 2.47 bits per heavy atom. The summed E-state index contributed by atoms with van der Waals surface area (Å²) in [5, 5.41) is 0. The maximum atomic E-state index is 15.1. The van der Waals surface area contributed by atoms with Gasteiger partial charge in [-0.25, -0.2) is 4.39 Å². The average molecular weight is 420 g/mol. The number of benzene rings is 2. The Morgan fingerprint density at radius 1 is 1.03 bits per heavy atom. The quantitative estimate of drug-likeness (QED) is 0.408. The van der Waals surface area contributed by atoms with Crippen molar-refractivity contribution in [3.8, 4) is 17.2 Å². The van der Waals surface area contributed by atoms with Crippen molar-refractivity contribution in [2.24, 2.45) is 5.92 Å². The predicted molar refractivity (Wildman–Crippen MR) is 111 cm³/mol. The van der Waals surface area contributed by atoms with Gasteiger partial charge in [0.15, 0.2) is 23.1 Å². The zero-order chi connectivity index (χ0) is 21.8. The molecule has 3 rings (SSSR count). The van der Waals surface area contributed by atoms with E-state index in [9.17, 15) is 8.78 Å². The first kappa shape index (κ1) is 22.2. The highest BCUT2D eigenvalue weighted by Crippen LogP contribution is 2.43. The van der Waals surface area contributed by atoms with E-state index in [1.54, 1.807) is 25.1 Å². The van der Waals surface area contributed by atoms with Gasteiger partial charge in [-0.1, -0.05) is 38.1 Å². The molecule has 2 aromatic rings. The summed E-state index contributed by atoms with van der Waals surface area (Å²) in [5.41, 5.74) is 1.31. The van der Waals surface area contributed by atoms with Crippen LogP contribution < -0.4 is 9.47 Å². The Labute approximate surface area is 175 Å². The van der Waals surface area contributed by atoms with E-state index in [4.69, 9.17) is 14.2 Å². The van der Waals surface area contributed by atoms with Crippen LogP contribution in [0.3, 0.4) is 0 Å². The Kier molecular flexibility index (Phi) is 7.08. The first-order valence-electron chi connectivity index (χ1n) is 10.3. The summed E-state index contributed by atoms with van der Waals surface area (Å²) in [6, 6.07) is 4.80. The van der Waals surface area contributed by atoms with Crippen LogP contribution >= 0.6 is 0 Å². The molecule has 0 aromatic heterocycles. The van der Waals surface area contributed by atoms with Gasteiger partial charge in [-0.15, -0.1) is 0 Å². The summed E-state index contributed by atoms with van der Waals surface area (Å²) >= 11 is 0. The Bertz CT molecular complexity index is 940. The van der Waals surface area contributed by atoms with Crippen molar-refractivity contribution >= 4 is 6.08 Å². The number of hydrogen-bond acceptors (Lipinski definition) is 3. The van der Waals surface area contributed by atoms with Crippen LogP contribution in [-0.4, -0.2) is 19.3 Å². The molecule has 0 spiro atoms. The molecule has 0 bridgehead atoms. The topological polar surface area (TPSA) is 27.7 Å². The molecule has 162 valence electrons. The number of rotatable bonds is 8. The van der Waals surface area contributed by atoms with Crippen molar-refractivity contribution in [2.45, 2.75) is 46.6 Å². The van der Waals surface area contributed by atoms with Crippen LogP contribution in [0.15, 0.2) is 24.3 Å². The van der Waals surface area contributed by atoms with Crippen LogP contribution in [0.25, 0.3) is 6.08 Å². The molecule has 1 heterocycles. The van der Waals surface area contributed by atoms with E-state index in [-0.39, 0.29) is 42.3 Å². The lowest BCUT2D eigenvalue weighted by Gasteiger charge is -2.23. The number of hydrogen-bond donors (Lipinski definition) is 0. The van der Waals surface area contributed by atoms with Gasteiger partial charge in [0, 0.05) is 23.1 Å². The fourth-order valence-corrected chi connectivity index (χ4v) is 3.19. The summed E-state index contributed by atoms with van der Waals surface area (Å²) in [6.07, 6.45) is 4.85. The number of fused-ring (bicyclic) bond motifs is 2. The predicted octanol–water partition coefficient (Wildman–Crippen LogP) is 6.66. The van der Waals surface area contributed by atoms with Gasteiger partial charge in [-0.3, -0.25) is 0 Å². The molecule has 0 fully saturated rings. The minimum Gasteiger partial charge on any atom is -0.491 e. The fourth-order valence-electron chi connectivity index (χ4n) is 3.19. The highest BCUT2D eigenvalue weighted by Gasteiger charge is 2.28. The molecule has 1 aliphatic rings. The summed E-state index contributed by atoms with van der Waals surface area (Å²) in [6.45, 7) is 8.47. The van der Waals surface area contributed by atoms with Crippen LogP contribution in [0.5, 0.6) is 17.2 Å². The molecule has 0 N–H and O–H groups in total. The molecule has 0 saturated carbocycles. The SMILES string of the molecule is CCOc1cc2c(c(F)c1F)Oc1c(ccc(/C=C/C(C)COC(C)CC)c1F)C2. The van der Waals surface area contributed by atoms with Crippen molar-refractivity contribution in [1.82, 2.24) is 0 Å². The van der Waals surface area contributed by atoms with Crippen molar-refractivity contribution in [3.63, 3.8) is 0 Å². The molecular formula is C24H27F3O3. The number of halogens is 3. The molecule has 2 atom stereocenters. The van der Waals surface area contributed by atoms with Crippen molar-refractivity contribution in [1.29, 1.82) is 0 Å². The first-order chi connectivity index (χ1) is 14.3. The van der Waals surface area contributed by atoms with E-state index in [2.05, 4.69) is 6.92 Å². The lowest BCUT2D eigenvalue weighted by atomic mass is 9.97. The molecule has 2 unspecified atom stereocenters. The zero-order valence-electron chi connectivity index (χ0n) is 17.7. The largest absolute Gasteiger partial charge is 0.491 e. The van der Waals surface area contributed by atoms with Gasteiger partial charge in [0.05, 0.1) is 19.3 Å². The Hall–Kier alpha value is -2.47. The molecule has 1 aliphatic heterocycles. The van der Waals surface area contributed by atoms with Gasteiger partial charge < -0.3 is 14.2 Å². The molecule has 0 aliphatic carbocycles. The van der Waals surface area contributed by atoms with Gasteiger partial charge in [-0.05, 0) is 32.3 Å². The smallest absolute Gasteiger partial charge is 0.205 e.